The molecule has 0 bridgehead atoms. The molecular weight excluding hydrogens is 298 g/mol. The van der Waals surface area contributed by atoms with Gasteiger partial charge in [-0.2, -0.15) is 0 Å². The van der Waals surface area contributed by atoms with Crippen LogP contribution >= 0.6 is 23.2 Å². The third kappa shape index (κ3) is 2.31. The number of aryl methyl sites for hydroxylation is 1. The van der Waals surface area contributed by atoms with Crippen molar-refractivity contribution in [3.8, 4) is 0 Å². The van der Waals surface area contributed by atoms with Crippen molar-refractivity contribution in [1.29, 1.82) is 0 Å². The monoisotopic (exact) mass is 314 g/mol. The van der Waals surface area contributed by atoms with Gasteiger partial charge in [0.25, 0.3) is 0 Å². The van der Waals surface area contributed by atoms with Gasteiger partial charge in [0.2, 0.25) is 0 Å². The fourth-order valence-corrected chi connectivity index (χ4v) is 3.61. The molecule has 1 aromatic heterocycles. The lowest BCUT2D eigenvalue weighted by atomic mass is 10.1. The van der Waals surface area contributed by atoms with Gasteiger partial charge in [-0.15, -0.1) is 11.6 Å². The van der Waals surface area contributed by atoms with Crippen LogP contribution in [0.3, 0.4) is 0 Å². The van der Waals surface area contributed by atoms with E-state index in [1.165, 1.54) is 18.9 Å². The molecule has 1 aliphatic rings. The Bertz CT molecular complexity index is 638. The SMILES string of the molecule is CC1CCCC1n1c(CCCl)nc2cc(F)c(Cl)cc21. The Morgan fingerprint density at radius 3 is 2.85 bits per heavy atom. The molecule has 3 rings (SSSR count). The molecule has 108 valence electrons. The highest BCUT2D eigenvalue weighted by Gasteiger charge is 2.28. The van der Waals surface area contributed by atoms with Gasteiger partial charge in [0, 0.05) is 24.4 Å². The van der Waals surface area contributed by atoms with Gasteiger partial charge in [-0.1, -0.05) is 24.9 Å². The quantitative estimate of drug-likeness (QED) is 0.731. The Balaban J connectivity index is 2.20. The maximum absolute atomic E-state index is 13.6. The molecule has 20 heavy (non-hydrogen) atoms. The van der Waals surface area contributed by atoms with Crippen LogP contribution in [0.2, 0.25) is 5.02 Å². The van der Waals surface area contributed by atoms with Gasteiger partial charge in [-0.3, -0.25) is 0 Å². The maximum atomic E-state index is 13.6. The number of hydrogen-bond acceptors (Lipinski definition) is 1. The summed E-state index contributed by atoms with van der Waals surface area (Å²) in [5, 5.41) is 0.154. The van der Waals surface area contributed by atoms with Crippen LogP contribution in [0, 0.1) is 11.7 Å². The fraction of sp³-hybridized carbons (Fsp3) is 0.533. The van der Waals surface area contributed by atoms with E-state index in [2.05, 4.69) is 16.5 Å². The number of alkyl halides is 1. The Morgan fingerprint density at radius 2 is 2.20 bits per heavy atom. The summed E-state index contributed by atoms with van der Waals surface area (Å²) < 4.78 is 15.9. The average Bonchev–Trinajstić information content (AvgIpc) is 2.94. The zero-order valence-corrected chi connectivity index (χ0v) is 12.9. The van der Waals surface area contributed by atoms with E-state index in [1.807, 2.05) is 0 Å². The van der Waals surface area contributed by atoms with E-state index in [0.29, 0.717) is 29.8 Å². The molecule has 1 saturated carbocycles. The van der Waals surface area contributed by atoms with E-state index in [-0.39, 0.29) is 5.02 Å². The fourth-order valence-electron chi connectivity index (χ4n) is 3.28. The van der Waals surface area contributed by atoms with E-state index < -0.39 is 5.82 Å². The third-order valence-electron chi connectivity index (χ3n) is 4.27. The van der Waals surface area contributed by atoms with Crippen LogP contribution in [0.1, 0.15) is 38.1 Å². The van der Waals surface area contributed by atoms with Crippen molar-refractivity contribution in [2.45, 2.75) is 38.6 Å². The number of rotatable bonds is 3. The standard InChI is InChI=1S/C15H17Cl2FN2/c1-9-3-2-4-13(9)20-14-7-10(17)11(18)8-12(14)19-15(20)5-6-16/h7-9,13H,2-6H2,1H3. The molecule has 1 fully saturated rings. The van der Waals surface area contributed by atoms with Gasteiger partial charge in [0.15, 0.2) is 0 Å². The van der Waals surface area contributed by atoms with Crippen molar-refractivity contribution in [3.05, 3.63) is 28.8 Å². The molecule has 0 aliphatic heterocycles. The molecule has 2 unspecified atom stereocenters. The molecule has 0 amide bonds. The number of benzene rings is 1. The van der Waals surface area contributed by atoms with Crippen molar-refractivity contribution in [2.75, 3.05) is 5.88 Å². The first kappa shape index (κ1) is 14.2. The normalized spacial score (nSPS) is 22.8. The Hall–Kier alpha value is -0.800. The summed E-state index contributed by atoms with van der Waals surface area (Å²) >= 11 is 11.8. The number of aromatic nitrogens is 2. The summed E-state index contributed by atoms with van der Waals surface area (Å²) in [7, 11) is 0. The summed E-state index contributed by atoms with van der Waals surface area (Å²) in [6.07, 6.45) is 4.27. The predicted octanol–water partition coefficient (Wildman–Crippen LogP) is 4.97. The predicted molar refractivity (Wildman–Crippen MR) is 81.2 cm³/mol. The van der Waals surface area contributed by atoms with Crippen molar-refractivity contribution < 1.29 is 4.39 Å². The van der Waals surface area contributed by atoms with E-state index in [9.17, 15) is 4.39 Å². The summed E-state index contributed by atoms with van der Waals surface area (Å²) in [5.74, 6) is 1.64. The summed E-state index contributed by atoms with van der Waals surface area (Å²) in [5.41, 5.74) is 1.60. The number of hydrogen-bond donors (Lipinski definition) is 0. The lowest BCUT2D eigenvalue weighted by molar-refractivity contribution is 0.406. The molecule has 1 aliphatic carbocycles. The van der Waals surface area contributed by atoms with Gasteiger partial charge in [-0.05, 0) is 24.8 Å². The van der Waals surface area contributed by atoms with Crippen LogP contribution in [0.5, 0.6) is 0 Å². The van der Waals surface area contributed by atoms with E-state index in [1.54, 1.807) is 6.07 Å². The second-order valence-electron chi connectivity index (χ2n) is 5.57. The first-order chi connectivity index (χ1) is 9.61. The van der Waals surface area contributed by atoms with Crippen LogP contribution in [0.15, 0.2) is 12.1 Å². The summed E-state index contributed by atoms with van der Waals surface area (Å²) in [4.78, 5) is 4.56. The Morgan fingerprint density at radius 1 is 1.40 bits per heavy atom. The zero-order valence-electron chi connectivity index (χ0n) is 11.4. The highest BCUT2D eigenvalue weighted by molar-refractivity contribution is 6.31. The summed E-state index contributed by atoms with van der Waals surface area (Å²) in [6, 6.07) is 3.53. The molecule has 0 N–H and O–H groups in total. The maximum Gasteiger partial charge on any atom is 0.144 e. The van der Waals surface area contributed by atoms with E-state index in [4.69, 9.17) is 23.2 Å². The van der Waals surface area contributed by atoms with Crippen molar-refractivity contribution >= 4 is 34.2 Å². The van der Waals surface area contributed by atoms with Crippen LogP contribution in [0.4, 0.5) is 4.39 Å². The molecule has 0 spiro atoms. The summed E-state index contributed by atoms with van der Waals surface area (Å²) in [6.45, 7) is 2.26. The molecule has 1 heterocycles. The molecule has 2 nitrogen and oxygen atoms in total. The number of fused-ring (bicyclic) bond motifs is 1. The second kappa shape index (κ2) is 5.53. The Labute approximate surface area is 127 Å². The number of imidazole rings is 1. The number of nitrogens with zero attached hydrogens (tertiary/aromatic N) is 2. The van der Waals surface area contributed by atoms with Gasteiger partial charge in [0.1, 0.15) is 11.6 Å². The minimum Gasteiger partial charge on any atom is -0.325 e. The molecule has 0 saturated heterocycles. The van der Waals surface area contributed by atoms with Crippen molar-refractivity contribution in [3.63, 3.8) is 0 Å². The first-order valence-corrected chi connectivity index (χ1v) is 7.95. The second-order valence-corrected chi connectivity index (χ2v) is 6.35. The molecule has 0 radical (unpaired) electrons. The minimum absolute atomic E-state index is 0.154. The number of halogens is 3. The highest BCUT2D eigenvalue weighted by Crippen LogP contribution is 2.39. The van der Waals surface area contributed by atoms with Crippen molar-refractivity contribution in [1.82, 2.24) is 9.55 Å². The lowest BCUT2D eigenvalue weighted by Gasteiger charge is -2.21. The molecule has 5 heteroatoms. The van der Waals surface area contributed by atoms with Crippen LogP contribution in [0.25, 0.3) is 11.0 Å². The topological polar surface area (TPSA) is 17.8 Å². The highest BCUT2D eigenvalue weighted by atomic mass is 35.5. The Kier molecular flexibility index (Phi) is 3.91. The zero-order chi connectivity index (χ0) is 14.3. The van der Waals surface area contributed by atoms with Crippen LogP contribution in [-0.2, 0) is 6.42 Å². The van der Waals surface area contributed by atoms with E-state index in [0.717, 1.165) is 17.8 Å². The molecule has 2 atom stereocenters. The largest absolute Gasteiger partial charge is 0.325 e. The molecular formula is C15H17Cl2FN2. The van der Waals surface area contributed by atoms with Gasteiger partial charge in [-0.25, -0.2) is 9.37 Å². The van der Waals surface area contributed by atoms with E-state index >= 15 is 0 Å². The minimum atomic E-state index is -0.416. The molecule has 2 aromatic rings. The first-order valence-electron chi connectivity index (χ1n) is 7.03. The van der Waals surface area contributed by atoms with Gasteiger partial charge in [0.05, 0.1) is 16.1 Å². The van der Waals surface area contributed by atoms with Crippen LogP contribution in [-0.4, -0.2) is 15.4 Å². The molecule has 1 aromatic carbocycles. The average molecular weight is 315 g/mol. The third-order valence-corrected chi connectivity index (χ3v) is 4.75. The van der Waals surface area contributed by atoms with Gasteiger partial charge >= 0.3 is 0 Å². The van der Waals surface area contributed by atoms with Crippen LogP contribution < -0.4 is 0 Å². The lowest BCUT2D eigenvalue weighted by Crippen LogP contribution is -2.15. The smallest absolute Gasteiger partial charge is 0.144 e. The van der Waals surface area contributed by atoms with Gasteiger partial charge < -0.3 is 4.57 Å². The van der Waals surface area contributed by atoms with Crippen molar-refractivity contribution in [2.24, 2.45) is 5.92 Å².